The molecule has 8 heteroatoms. The molecule has 2 rings (SSSR count). The zero-order valence-electron chi connectivity index (χ0n) is 12.0. The van der Waals surface area contributed by atoms with E-state index in [1.807, 2.05) is 18.2 Å². The summed E-state index contributed by atoms with van der Waals surface area (Å²) in [6.45, 7) is 0.170. The Morgan fingerprint density at radius 1 is 1.32 bits per heavy atom. The summed E-state index contributed by atoms with van der Waals surface area (Å²) in [5, 5.41) is 18.9. The van der Waals surface area contributed by atoms with Gasteiger partial charge in [-0.15, -0.1) is 5.10 Å². The number of carboxylic acid groups (broad SMARTS) is 1. The van der Waals surface area contributed by atoms with E-state index in [9.17, 15) is 9.59 Å². The zero-order valence-corrected chi connectivity index (χ0v) is 12.0. The van der Waals surface area contributed by atoms with Crippen molar-refractivity contribution in [1.82, 2.24) is 20.3 Å². The topological polar surface area (TPSA) is 106 Å². The fraction of sp³-hybridized carbons (Fsp3) is 0.286. The molecular formula is C14H16N4O4. The lowest BCUT2D eigenvalue weighted by molar-refractivity contribution is -0.121. The molecule has 0 saturated heterocycles. The Morgan fingerprint density at radius 3 is 2.68 bits per heavy atom. The molecule has 0 aliphatic rings. The number of ether oxygens (including phenoxy) is 1. The minimum atomic E-state index is -1.18. The van der Waals surface area contributed by atoms with Gasteiger partial charge in [-0.3, -0.25) is 4.79 Å². The van der Waals surface area contributed by atoms with Gasteiger partial charge < -0.3 is 15.2 Å². The van der Waals surface area contributed by atoms with E-state index in [1.165, 1.54) is 11.7 Å². The van der Waals surface area contributed by atoms with Gasteiger partial charge in [0.2, 0.25) is 5.91 Å². The molecule has 2 aromatic rings. The molecule has 116 valence electrons. The minimum absolute atomic E-state index is 0.0859. The third-order valence-electron chi connectivity index (χ3n) is 2.96. The predicted octanol–water partition coefficient (Wildman–Crippen LogP) is 0.344. The molecule has 0 bridgehead atoms. The molecule has 0 spiro atoms. The van der Waals surface area contributed by atoms with Crippen molar-refractivity contribution in [3.63, 3.8) is 0 Å². The quantitative estimate of drug-likeness (QED) is 0.764. The molecule has 0 aliphatic heterocycles. The highest BCUT2D eigenvalue weighted by Crippen LogP contribution is 2.11. The van der Waals surface area contributed by atoms with Crippen LogP contribution in [0.4, 0.5) is 0 Å². The summed E-state index contributed by atoms with van der Waals surface area (Å²) in [5.74, 6) is -0.783. The van der Waals surface area contributed by atoms with Crippen molar-refractivity contribution in [2.75, 3.05) is 13.7 Å². The van der Waals surface area contributed by atoms with E-state index in [0.717, 1.165) is 0 Å². The van der Waals surface area contributed by atoms with Gasteiger partial charge in [-0.2, -0.15) is 0 Å². The Kier molecular flexibility index (Phi) is 5.07. The average molecular weight is 304 g/mol. The van der Waals surface area contributed by atoms with E-state index in [4.69, 9.17) is 9.84 Å². The Bertz CT molecular complexity index is 654. The fourth-order valence-corrected chi connectivity index (χ4v) is 1.87. The molecular weight excluding hydrogens is 288 g/mol. The number of aromatic nitrogens is 3. The number of para-hydroxylation sites is 1. The molecule has 0 radical (unpaired) electrons. The highest BCUT2D eigenvalue weighted by Gasteiger charge is 2.20. The normalized spacial score (nSPS) is 10.2. The number of carbonyl (C=O) groups excluding carboxylic acids is 1. The standard InChI is InChI=1S/C14H16N4O4/c1-15-12(19)9-18-11(13(14(20)21)16-17-18)7-8-22-10-5-3-2-4-6-10/h2-6H,7-9H2,1H3,(H,15,19)(H,20,21). The van der Waals surface area contributed by atoms with E-state index >= 15 is 0 Å². The van der Waals surface area contributed by atoms with Gasteiger partial charge in [-0.1, -0.05) is 23.4 Å². The second-order valence-corrected chi connectivity index (χ2v) is 4.43. The van der Waals surface area contributed by atoms with Crippen LogP contribution in [0.3, 0.4) is 0 Å². The molecule has 0 fully saturated rings. The average Bonchev–Trinajstić information content (AvgIpc) is 2.91. The molecule has 0 aliphatic carbocycles. The molecule has 0 unspecified atom stereocenters. The molecule has 8 nitrogen and oxygen atoms in total. The van der Waals surface area contributed by atoms with Crippen LogP contribution in [0.5, 0.6) is 5.75 Å². The summed E-state index contributed by atoms with van der Waals surface area (Å²) in [7, 11) is 1.50. The lowest BCUT2D eigenvalue weighted by Gasteiger charge is -2.08. The lowest BCUT2D eigenvalue weighted by Crippen LogP contribution is -2.25. The van der Waals surface area contributed by atoms with E-state index in [-0.39, 0.29) is 31.2 Å². The maximum atomic E-state index is 11.4. The number of amides is 1. The molecule has 0 atom stereocenters. The van der Waals surface area contributed by atoms with Crippen molar-refractivity contribution >= 4 is 11.9 Å². The van der Waals surface area contributed by atoms with Crippen LogP contribution in [0.2, 0.25) is 0 Å². The summed E-state index contributed by atoms with van der Waals surface area (Å²) in [4.78, 5) is 22.6. The van der Waals surface area contributed by atoms with Crippen LogP contribution in [0, 0.1) is 0 Å². The SMILES string of the molecule is CNC(=O)Cn1nnc(C(=O)O)c1CCOc1ccccc1. The summed E-state index contributed by atoms with van der Waals surface area (Å²) in [6, 6.07) is 9.17. The van der Waals surface area contributed by atoms with Gasteiger partial charge in [-0.25, -0.2) is 9.48 Å². The Balaban J connectivity index is 2.08. The van der Waals surface area contributed by atoms with Gasteiger partial charge in [-0.05, 0) is 12.1 Å². The second-order valence-electron chi connectivity index (χ2n) is 4.43. The lowest BCUT2D eigenvalue weighted by atomic mass is 10.2. The monoisotopic (exact) mass is 304 g/mol. The number of nitrogens with zero attached hydrogens (tertiary/aromatic N) is 3. The predicted molar refractivity (Wildman–Crippen MR) is 76.7 cm³/mol. The Morgan fingerprint density at radius 2 is 2.05 bits per heavy atom. The molecule has 1 amide bonds. The first kappa shape index (κ1) is 15.5. The number of likely N-dealkylation sites (N-methyl/N-ethyl adjacent to an activating group) is 1. The van der Waals surface area contributed by atoms with E-state index in [0.29, 0.717) is 11.4 Å². The van der Waals surface area contributed by atoms with Crippen LogP contribution in [0.15, 0.2) is 30.3 Å². The number of rotatable bonds is 7. The van der Waals surface area contributed by atoms with Crippen LogP contribution in [-0.2, 0) is 17.8 Å². The van der Waals surface area contributed by atoms with Crippen molar-refractivity contribution in [2.24, 2.45) is 0 Å². The number of nitrogens with one attached hydrogen (secondary N) is 1. The molecule has 0 saturated carbocycles. The van der Waals surface area contributed by atoms with Gasteiger partial charge in [0.15, 0.2) is 5.69 Å². The number of carboxylic acids is 1. The Labute approximate surface area is 126 Å². The fourth-order valence-electron chi connectivity index (χ4n) is 1.87. The Hall–Kier alpha value is -2.90. The third kappa shape index (κ3) is 3.81. The van der Waals surface area contributed by atoms with Gasteiger partial charge in [0, 0.05) is 13.5 Å². The molecule has 1 heterocycles. The van der Waals surface area contributed by atoms with Crippen molar-refractivity contribution in [3.05, 3.63) is 41.7 Å². The number of carbonyl (C=O) groups is 2. The highest BCUT2D eigenvalue weighted by atomic mass is 16.5. The van der Waals surface area contributed by atoms with Crippen molar-refractivity contribution < 1.29 is 19.4 Å². The number of aromatic carboxylic acids is 1. The first-order valence-electron chi connectivity index (χ1n) is 6.66. The number of hydrogen-bond acceptors (Lipinski definition) is 5. The van der Waals surface area contributed by atoms with Crippen LogP contribution in [0.1, 0.15) is 16.2 Å². The first-order valence-corrected chi connectivity index (χ1v) is 6.66. The maximum Gasteiger partial charge on any atom is 0.358 e. The largest absolute Gasteiger partial charge is 0.493 e. The van der Waals surface area contributed by atoms with E-state index in [1.54, 1.807) is 12.1 Å². The van der Waals surface area contributed by atoms with E-state index < -0.39 is 5.97 Å². The van der Waals surface area contributed by atoms with Crippen LogP contribution >= 0.6 is 0 Å². The summed E-state index contributed by atoms with van der Waals surface area (Å²) in [5.41, 5.74) is 0.188. The van der Waals surface area contributed by atoms with Gasteiger partial charge in [0.25, 0.3) is 0 Å². The van der Waals surface area contributed by atoms with Crippen LogP contribution in [0.25, 0.3) is 0 Å². The smallest absolute Gasteiger partial charge is 0.358 e. The van der Waals surface area contributed by atoms with Crippen molar-refractivity contribution in [3.8, 4) is 5.75 Å². The van der Waals surface area contributed by atoms with Crippen LogP contribution in [-0.4, -0.2) is 45.6 Å². The third-order valence-corrected chi connectivity index (χ3v) is 2.96. The molecule has 22 heavy (non-hydrogen) atoms. The minimum Gasteiger partial charge on any atom is -0.493 e. The summed E-state index contributed by atoms with van der Waals surface area (Å²) >= 11 is 0. The molecule has 2 N–H and O–H groups in total. The van der Waals surface area contributed by atoms with Gasteiger partial charge in [0.05, 0.1) is 12.3 Å². The highest BCUT2D eigenvalue weighted by molar-refractivity contribution is 5.86. The number of hydrogen-bond donors (Lipinski definition) is 2. The van der Waals surface area contributed by atoms with Crippen LogP contribution < -0.4 is 10.1 Å². The van der Waals surface area contributed by atoms with Gasteiger partial charge >= 0.3 is 5.97 Å². The second kappa shape index (κ2) is 7.21. The maximum absolute atomic E-state index is 11.4. The van der Waals surface area contributed by atoms with Gasteiger partial charge in [0.1, 0.15) is 12.3 Å². The summed E-state index contributed by atoms with van der Waals surface area (Å²) in [6.07, 6.45) is 0.278. The van der Waals surface area contributed by atoms with E-state index in [2.05, 4.69) is 15.6 Å². The molecule has 1 aromatic heterocycles. The first-order chi connectivity index (χ1) is 10.6. The molecule has 1 aromatic carbocycles. The van der Waals surface area contributed by atoms with Crippen molar-refractivity contribution in [2.45, 2.75) is 13.0 Å². The van der Waals surface area contributed by atoms with Crippen molar-refractivity contribution in [1.29, 1.82) is 0 Å². The number of benzene rings is 1. The summed E-state index contributed by atoms with van der Waals surface area (Å²) < 4.78 is 6.81. The zero-order chi connectivity index (χ0) is 15.9.